The van der Waals surface area contributed by atoms with Gasteiger partial charge in [0, 0.05) is 18.8 Å². The molecule has 16 heavy (non-hydrogen) atoms. The Bertz CT molecular complexity index is 309. The molecule has 90 valence electrons. The van der Waals surface area contributed by atoms with Crippen LogP contribution in [0.3, 0.4) is 0 Å². The molecule has 1 aromatic rings. The fourth-order valence-corrected chi connectivity index (χ4v) is 1.58. The predicted molar refractivity (Wildman–Crippen MR) is 70.0 cm³/mol. The van der Waals surface area contributed by atoms with Crippen molar-refractivity contribution in [3.8, 4) is 0 Å². The minimum atomic E-state index is 0.392. The monoisotopic (exact) mass is 241 g/mol. The van der Waals surface area contributed by atoms with Crippen LogP contribution in [-0.2, 0) is 0 Å². The molecule has 0 aliphatic carbocycles. The molecule has 1 atom stereocenters. The van der Waals surface area contributed by atoms with Gasteiger partial charge in [-0.15, -0.1) is 0 Å². The first-order chi connectivity index (χ1) is 7.49. The van der Waals surface area contributed by atoms with Crippen LogP contribution in [0, 0.1) is 5.92 Å². The van der Waals surface area contributed by atoms with Gasteiger partial charge in [-0.25, -0.2) is 4.98 Å². The van der Waals surface area contributed by atoms with Crippen LogP contribution < -0.4 is 5.32 Å². The van der Waals surface area contributed by atoms with Gasteiger partial charge in [0.25, 0.3) is 0 Å². The van der Waals surface area contributed by atoms with E-state index < -0.39 is 0 Å². The first-order valence-corrected chi connectivity index (χ1v) is 5.89. The number of likely N-dealkylation sites (N-methyl/N-ethyl adjacent to an activating group) is 1. The van der Waals surface area contributed by atoms with E-state index in [-0.39, 0.29) is 0 Å². The highest BCUT2D eigenvalue weighted by molar-refractivity contribution is 6.30. The zero-order valence-electron chi connectivity index (χ0n) is 10.4. The van der Waals surface area contributed by atoms with Crippen LogP contribution in [0.5, 0.6) is 0 Å². The van der Waals surface area contributed by atoms with Gasteiger partial charge >= 0.3 is 0 Å². The molecule has 0 saturated heterocycles. The van der Waals surface area contributed by atoms with Crippen LogP contribution in [0.2, 0.25) is 5.02 Å². The van der Waals surface area contributed by atoms with E-state index in [2.05, 4.69) is 43.1 Å². The third-order valence-corrected chi connectivity index (χ3v) is 2.65. The van der Waals surface area contributed by atoms with Crippen LogP contribution in [-0.4, -0.2) is 36.6 Å². The highest BCUT2D eigenvalue weighted by Gasteiger charge is 2.14. The van der Waals surface area contributed by atoms with Gasteiger partial charge < -0.3 is 10.2 Å². The van der Waals surface area contributed by atoms with Gasteiger partial charge in [0.05, 0.1) is 5.02 Å². The van der Waals surface area contributed by atoms with Crippen LogP contribution in [0.15, 0.2) is 18.3 Å². The van der Waals surface area contributed by atoms with Crippen molar-refractivity contribution >= 4 is 17.4 Å². The minimum Gasteiger partial charge on any atom is -0.366 e. The van der Waals surface area contributed by atoms with Gasteiger partial charge in [0.15, 0.2) is 0 Å². The summed E-state index contributed by atoms with van der Waals surface area (Å²) in [5, 5.41) is 4.09. The predicted octanol–water partition coefficient (Wildman–Crippen LogP) is 2.73. The molecule has 0 fully saturated rings. The molecular formula is C12H20ClN3. The molecule has 1 unspecified atom stereocenters. The Morgan fingerprint density at radius 1 is 1.38 bits per heavy atom. The lowest BCUT2D eigenvalue weighted by molar-refractivity contribution is 0.344. The quantitative estimate of drug-likeness (QED) is 0.859. The van der Waals surface area contributed by atoms with Gasteiger partial charge in [-0.1, -0.05) is 25.4 Å². The maximum atomic E-state index is 5.80. The smallest absolute Gasteiger partial charge is 0.126 e. The second-order valence-electron chi connectivity index (χ2n) is 4.62. The molecule has 1 heterocycles. The van der Waals surface area contributed by atoms with Crippen molar-refractivity contribution in [3.05, 3.63) is 23.4 Å². The summed E-state index contributed by atoms with van der Waals surface area (Å²) in [6.45, 7) is 5.40. The third kappa shape index (κ3) is 4.37. The summed E-state index contributed by atoms with van der Waals surface area (Å²) in [5.74, 6) is 1.44. The largest absolute Gasteiger partial charge is 0.366 e. The molecule has 0 saturated carbocycles. The number of nitrogens with one attached hydrogen (secondary N) is 1. The van der Waals surface area contributed by atoms with Crippen molar-refractivity contribution in [2.75, 3.05) is 26.0 Å². The number of halogens is 1. The molecular weight excluding hydrogens is 222 g/mol. The van der Waals surface area contributed by atoms with Crippen molar-refractivity contribution in [1.29, 1.82) is 0 Å². The molecule has 0 bridgehead atoms. The zero-order chi connectivity index (χ0) is 12.1. The van der Waals surface area contributed by atoms with Crippen molar-refractivity contribution in [2.45, 2.75) is 19.9 Å². The van der Waals surface area contributed by atoms with E-state index in [9.17, 15) is 0 Å². The minimum absolute atomic E-state index is 0.392. The van der Waals surface area contributed by atoms with E-state index in [0.717, 1.165) is 12.4 Å². The number of hydrogen-bond donors (Lipinski definition) is 1. The molecule has 1 N–H and O–H groups in total. The SMILES string of the molecule is CC(C)C(CN(C)C)Nc1ccc(Cl)cn1. The van der Waals surface area contributed by atoms with E-state index in [1.165, 1.54) is 0 Å². The Morgan fingerprint density at radius 3 is 2.50 bits per heavy atom. The van der Waals surface area contributed by atoms with Gasteiger partial charge in [-0.2, -0.15) is 0 Å². The number of anilines is 1. The van der Waals surface area contributed by atoms with Crippen LogP contribution in [0.4, 0.5) is 5.82 Å². The fourth-order valence-electron chi connectivity index (χ4n) is 1.47. The van der Waals surface area contributed by atoms with Gasteiger partial charge in [0.2, 0.25) is 0 Å². The second kappa shape index (κ2) is 6.06. The maximum Gasteiger partial charge on any atom is 0.126 e. The molecule has 1 rings (SSSR count). The first-order valence-electron chi connectivity index (χ1n) is 5.52. The van der Waals surface area contributed by atoms with Crippen LogP contribution >= 0.6 is 11.6 Å². The second-order valence-corrected chi connectivity index (χ2v) is 5.06. The Balaban J connectivity index is 2.64. The number of nitrogens with zero attached hydrogens (tertiary/aromatic N) is 2. The first kappa shape index (κ1) is 13.3. The van der Waals surface area contributed by atoms with E-state index in [1.807, 2.05) is 12.1 Å². The Labute approximate surface area is 103 Å². The summed E-state index contributed by atoms with van der Waals surface area (Å²) >= 11 is 5.80. The standard InChI is InChI=1S/C12H20ClN3/c1-9(2)11(8-16(3)4)15-12-6-5-10(13)7-14-12/h5-7,9,11H,8H2,1-4H3,(H,14,15). The van der Waals surface area contributed by atoms with Crippen molar-refractivity contribution < 1.29 is 0 Å². The molecule has 3 nitrogen and oxygen atoms in total. The summed E-state index contributed by atoms with van der Waals surface area (Å²) in [6.07, 6.45) is 1.66. The Morgan fingerprint density at radius 2 is 2.06 bits per heavy atom. The number of aromatic nitrogens is 1. The van der Waals surface area contributed by atoms with Crippen molar-refractivity contribution in [1.82, 2.24) is 9.88 Å². The Hall–Kier alpha value is -0.800. The van der Waals surface area contributed by atoms with Gasteiger partial charge in [0.1, 0.15) is 5.82 Å². The summed E-state index contributed by atoms with van der Waals surface area (Å²) in [5.41, 5.74) is 0. The Kier molecular flexibility index (Phi) is 5.03. The fraction of sp³-hybridized carbons (Fsp3) is 0.583. The maximum absolute atomic E-state index is 5.80. The average molecular weight is 242 g/mol. The lowest BCUT2D eigenvalue weighted by Crippen LogP contribution is -2.36. The van der Waals surface area contributed by atoms with Gasteiger partial charge in [-0.05, 0) is 32.1 Å². The highest BCUT2D eigenvalue weighted by Crippen LogP contribution is 2.13. The van der Waals surface area contributed by atoms with Crippen LogP contribution in [0.25, 0.3) is 0 Å². The molecule has 0 radical (unpaired) electrons. The molecule has 0 aliphatic rings. The lowest BCUT2D eigenvalue weighted by atomic mass is 10.0. The molecule has 0 aliphatic heterocycles. The average Bonchev–Trinajstić information content (AvgIpc) is 2.19. The molecule has 4 heteroatoms. The van der Waals surface area contributed by atoms with Crippen LogP contribution in [0.1, 0.15) is 13.8 Å². The topological polar surface area (TPSA) is 28.2 Å². The summed E-state index contributed by atoms with van der Waals surface area (Å²) in [7, 11) is 4.15. The molecule has 0 spiro atoms. The molecule has 0 amide bonds. The normalized spacial score (nSPS) is 13.2. The molecule has 1 aromatic heterocycles. The number of rotatable bonds is 5. The summed E-state index contributed by atoms with van der Waals surface area (Å²) < 4.78 is 0. The van der Waals surface area contributed by atoms with Gasteiger partial charge in [-0.3, -0.25) is 0 Å². The summed E-state index contributed by atoms with van der Waals surface area (Å²) in [4.78, 5) is 6.42. The highest BCUT2D eigenvalue weighted by atomic mass is 35.5. The van der Waals surface area contributed by atoms with E-state index in [1.54, 1.807) is 6.20 Å². The zero-order valence-corrected chi connectivity index (χ0v) is 11.1. The lowest BCUT2D eigenvalue weighted by Gasteiger charge is -2.26. The molecule has 0 aromatic carbocycles. The summed E-state index contributed by atoms with van der Waals surface area (Å²) in [6, 6.07) is 4.15. The van der Waals surface area contributed by atoms with Crippen molar-refractivity contribution in [3.63, 3.8) is 0 Å². The third-order valence-electron chi connectivity index (χ3n) is 2.43. The van der Waals surface area contributed by atoms with Crippen molar-refractivity contribution in [2.24, 2.45) is 5.92 Å². The number of hydrogen-bond acceptors (Lipinski definition) is 3. The van der Waals surface area contributed by atoms with E-state index in [0.29, 0.717) is 17.0 Å². The number of pyridine rings is 1. The van der Waals surface area contributed by atoms with E-state index in [4.69, 9.17) is 11.6 Å². The van der Waals surface area contributed by atoms with E-state index >= 15 is 0 Å².